The fourth-order valence-corrected chi connectivity index (χ4v) is 6.22. The van der Waals surface area contributed by atoms with Gasteiger partial charge in [-0.3, -0.25) is 34.7 Å². The van der Waals surface area contributed by atoms with E-state index < -0.39 is 11.9 Å². The number of piperidine rings is 1. The van der Waals surface area contributed by atoms with Crippen molar-refractivity contribution >= 4 is 46.3 Å². The Morgan fingerprint density at radius 1 is 1.02 bits per heavy atom. The summed E-state index contributed by atoms with van der Waals surface area (Å²) in [4.78, 5) is 55.5. The summed E-state index contributed by atoms with van der Waals surface area (Å²) in [5, 5.41) is 15.0. The highest BCUT2D eigenvalue weighted by Crippen LogP contribution is 2.30. The summed E-state index contributed by atoms with van der Waals surface area (Å²) in [6.45, 7) is 7.21. The molecular weight excluding hydrogens is 676 g/mol. The van der Waals surface area contributed by atoms with Crippen LogP contribution in [0.15, 0.2) is 73.1 Å². The summed E-state index contributed by atoms with van der Waals surface area (Å²) in [7, 11) is 0. The van der Waals surface area contributed by atoms with E-state index in [9.17, 15) is 19.2 Å². The summed E-state index contributed by atoms with van der Waals surface area (Å²) < 4.78 is 13.5. The Balaban J connectivity index is 0.876. The van der Waals surface area contributed by atoms with Crippen LogP contribution < -0.4 is 20.7 Å². The molecular formula is C39H38N8O6. The molecule has 5 amide bonds. The van der Waals surface area contributed by atoms with E-state index in [1.165, 1.54) is 4.90 Å². The Morgan fingerprint density at radius 2 is 1.85 bits per heavy atom. The zero-order valence-corrected chi connectivity index (χ0v) is 29.5. The number of ether oxygens (including phenoxy) is 2. The van der Waals surface area contributed by atoms with E-state index in [4.69, 9.17) is 9.47 Å². The van der Waals surface area contributed by atoms with Gasteiger partial charge in [0.2, 0.25) is 11.8 Å². The van der Waals surface area contributed by atoms with E-state index in [-0.39, 0.29) is 42.8 Å². The standard InChI is InChI=1S/C39H38N8O6/c1-39(2,3)33-21-34(45-44-33)42-38(51)41-25-9-11-26(12-10-25)47-23-40-30-20-27(13-14-31(30)47)53-19-18-52-17-5-7-24-6-4-8-28-29(24)22-46(37(28)50)32-15-16-35(48)43-36(32)49/h4,6,8-14,20-21,23,32H,15-19,22H2,1-3H3,(H,43,48,49)(H3,41,42,44,45,51). The number of nitrogens with zero attached hydrogens (tertiary/aromatic N) is 4. The van der Waals surface area contributed by atoms with Gasteiger partial charge in [0, 0.05) is 53.0 Å². The minimum atomic E-state index is -0.673. The molecule has 0 radical (unpaired) electrons. The molecule has 270 valence electrons. The van der Waals surface area contributed by atoms with Crippen molar-refractivity contribution in [2.45, 2.75) is 51.6 Å². The SMILES string of the molecule is CC(C)(C)c1cc(NC(=O)Nc2ccc(-n3cnc4cc(OCCOCC#Cc5cccc6c5CN(C5CCC(=O)NC5=O)C6=O)ccc43)cc2)[nH]n1. The fourth-order valence-electron chi connectivity index (χ4n) is 6.22. The lowest BCUT2D eigenvalue weighted by Gasteiger charge is -2.29. The zero-order chi connectivity index (χ0) is 37.1. The molecule has 14 heteroatoms. The molecule has 3 aromatic carbocycles. The number of amides is 5. The quantitative estimate of drug-likeness (QED) is 0.0949. The molecule has 4 N–H and O–H groups in total. The Morgan fingerprint density at radius 3 is 2.62 bits per heavy atom. The topological polar surface area (TPSA) is 173 Å². The highest BCUT2D eigenvalue weighted by molar-refractivity contribution is 6.05. The monoisotopic (exact) mass is 714 g/mol. The molecule has 0 spiro atoms. The average molecular weight is 715 g/mol. The van der Waals surface area contributed by atoms with Crippen molar-refractivity contribution in [2.75, 3.05) is 30.5 Å². The van der Waals surface area contributed by atoms with Crippen molar-refractivity contribution in [3.8, 4) is 23.3 Å². The third-order valence-electron chi connectivity index (χ3n) is 8.99. The molecule has 0 aliphatic carbocycles. The molecule has 5 aromatic rings. The van der Waals surface area contributed by atoms with Crippen molar-refractivity contribution in [1.29, 1.82) is 0 Å². The number of carbonyl (C=O) groups excluding carboxylic acids is 4. The number of aromatic amines is 1. The minimum absolute atomic E-state index is 0.132. The van der Waals surface area contributed by atoms with E-state index in [2.05, 4.69) is 63.7 Å². The summed E-state index contributed by atoms with van der Waals surface area (Å²) in [5.74, 6) is 6.27. The lowest BCUT2D eigenvalue weighted by molar-refractivity contribution is -0.136. The van der Waals surface area contributed by atoms with E-state index in [0.29, 0.717) is 48.0 Å². The summed E-state index contributed by atoms with van der Waals surface area (Å²) in [6.07, 6.45) is 2.25. The van der Waals surface area contributed by atoms with Gasteiger partial charge < -0.3 is 19.7 Å². The highest BCUT2D eigenvalue weighted by Gasteiger charge is 2.39. The number of aromatic nitrogens is 4. The first kappa shape index (κ1) is 35.0. The molecule has 1 fully saturated rings. The molecule has 1 atom stereocenters. The number of nitrogens with one attached hydrogen (secondary N) is 4. The molecule has 2 aliphatic heterocycles. The molecule has 1 saturated heterocycles. The van der Waals surface area contributed by atoms with Crippen LogP contribution in [0, 0.1) is 11.8 Å². The van der Waals surface area contributed by atoms with Crippen LogP contribution in [0.1, 0.15) is 60.8 Å². The number of anilines is 2. The van der Waals surface area contributed by atoms with Gasteiger partial charge in [0.25, 0.3) is 5.91 Å². The van der Waals surface area contributed by atoms with Crippen LogP contribution in [0.2, 0.25) is 0 Å². The number of imidazole rings is 1. The number of fused-ring (bicyclic) bond motifs is 2. The van der Waals surface area contributed by atoms with Crippen LogP contribution in [0.5, 0.6) is 5.75 Å². The number of rotatable bonds is 9. The molecule has 2 aromatic heterocycles. The van der Waals surface area contributed by atoms with Gasteiger partial charge in [0.15, 0.2) is 0 Å². The number of hydrogen-bond donors (Lipinski definition) is 4. The van der Waals surface area contributed by atoms with Crippen LogP contribution >= 0.6 is 0 Å². The second-order valence-corrected chi connectivity index (χ2v) is 13.7. The number of urea groups is 1. The Bertz CT molecular complexity index is 2270. The van der Waals surface area contributed by atoms with Crippen molar-refractivity contribution in [3.63, 3.8) is 0 Å². The second-order valence-electron chi connectivity index (χ2n) is 13.7. The van der Waals surface area contributed by atoms with Crippen molar-refractivity contribution < 1.29 is 28.7 Å². The minimum Gasteiger partial charge on any atom is -0.491 e. The Kier molecular flexibility index (Phi) is 9.66. The normalized spacial score (nSPS) is 15.5. The third-order valence-corrected chi connectivity index (χ3v) is 8.99. The second kappa shape index (κ2) is 14.6. The van der Waals surface area contributed by atoms with Gasteiger partial charge in [0.05, 0.1) is 23.3 Å². The molecule has 2 aliphatic rings. The largest absolute Gasteiger partial charge is 0.491 e. The zero-order valence-electron chi connectivity index (χ0n) is 29.5. The van der Waals surface area contributed by atoms with Gasteiger partial charge in [0.1, 0.15) is 37.2 Å². The van der Waals surface area contributed by atoms with Crippen LogP contribution in [-0.2, 0) is 26.3 Å². The van der Waals surface area contributed by atoms with Gasteiger partial charge in [-0.15, -0.1) is 0 Å². The first-order valence-corrected chi connectivity index (χ1v) is 17.2. The van der Waals surface area contributed by atoms with Crippen LogP contribution in [0.3, 0.4) is 0 Å². The van der Waals surface area contributed by atoms with Crippen LogP contribution in [0.25, 0.3) is 16.7 Å². The molecule has 14 nitrogen and oxygen atoms in total. The smallest absolute Gasteiger partial charge is 0.324 e. The highest BCUT2D eigenvalue weighted by atomic mass is 16.5. The maximum Gasteiger partial charge on any atom is 0.324 e. The predicted molar refractivity (Wildman–Crippen MR) is 197 cm³/mol. The van der Waals surface area contributed by atoms with Crippen molar-refractivity contribution in [2.24, 2.45) is 0 Å². The van der Waals surface area contributed by atoms with Crippen LogP contribution in [0.4, 0.5) is 16.3 Å². The van der Waals surface area contributed by atoms with Gasteiger partial charge in [-0.05, 0) is 60.5 Å². The lowest BCUT2D eigenvalue weighted by Crippen LogP contribution is -2.52. The third kappa shape index (κ3) is 7.75. The summed E-state index contributed by atoms with van der Waals surface area (Å²) >= 11 is 0. The maximum absolute atomic E-state index is 13.0. The van der Waals surface area contributed by atoms with Crippen LogP contribution in [-0.4, -0.2) is 74.3 Å². The van der Waals surface area contributed by atoms with Gasteiger partial charge in [-0.1, -0.05) is 38.7 Å². The molecule has 7 rings (SSSR count). The number of imide groups is 1. The first-order chi connectivity index (χ1) is 25.5. The molecule has 0 saturated carbocycles. The number of carbonyl (C=O) groups is 4. The van der Waals surface area contributed by atoms with E-state index >= 15 is 0 Å². The van der Waals surface area contributed by atoms with Gasteiger partial charge in [-0.2, -0.15) is 5.10 Å². The predicted octanol–water partition coefficient (Wildman–Crippen LogP) is 4.90. The Hall–Kier alpha value is -6.46. The number of benzene rings is 3. The van der Waals surface area contributed by atoms with Gasteiger partial charge in [-0.25, -0.2) is 9.78 Å². The maximum atomic E-state index is 13.0. The first-order valence-electron chi connectivity index (χ1n) is 17.2. The number of H-pyrrole nitrogens is 1. The molecule has 4 heterocycles. The fraction of sp³-hybridized carbons (Fsp3) is 0.282. The average Bonchev–Trinajstić information content (AvgIpc) is 3.86. The van der Waals surface area contributed by atoms with E-state index in [0.717, 1.165) is 28.0 Å². The van der Waals surface area contributed by atoms with Gasteiger partial charge >= 0.3 is 6.03 Å². The van der Waals surface area contributed by atoms with E-state index in [1.54, 1.807) is 18.5 Å². The van der Waals surface area contributed by atoms with Crippen molar-refractivity contribution in [1.82, 2.24) is 30.0 Å². The number of hydrogen-bond acceptors (Lipinski definition) is 8. The Labute approximate surface area is 305 Å². The molecule has 0 bridgehead atoms. The molecule has 53 heavy (non-hydrogen) atoms. The molecule has 1 unspecified atom stereocenters. The van der Waals surface area contributed by atoms with Crippen molar-refractivity contribution in [3.05, 3.63) is 95.4 Å². The van der Waals surface area contributed by atoms with E-state index in [1.807, 2.05) is 59.2 Å². The summed E-state index contributed by atoms with van der Waals surface area (Å²) in [5.41, 5.74) is 5.88. The summed E-state index contributed by atoms with van der Waals surface area (Å²) in [6, 6.07) is 19.2. The lowest BCUT2D eigenvalue weighted by atomic mass is 9.92.